The predicted molar refractivity (Wildman–Crippen MR) is 122 cm³/mol. The number of ether oxygens (including phenoxy) is 2. The number of nitrogens with zero attached hydrogens (tertiary/aromatic N) is 1. The number of carbonyl (C=O) groups excluding carboxylic acids is 2. The summed E-state index contributed by atoms with van der Waals surface area (Å²) < 4.78 is 10.7. The zero-order valence-corrected chi connectivity index (χ0v) is 18.0. The molecule has 32 heavy (non-hydrogen) atoms. The van der Waals surface area contributed by atoms with Crippen molar-refractivity contribution in [2.24, 2.45) is 0 Å². The number of para-hydroxylation sites is 1. The Bertz CT molecular complexity index is 1200. The van der Waals surface area contributed by atoms with Crippen LogP contribution in [0.25, 0.3) is 5.76 Å². The fraction of sp³-hybridized carbons (Fsp3) is 0.154. The molecule has 6 nitrogen and oxygen atoms in total. The zero-order valence-electron chi connectivity index (χ0n) is 18.0. The molecule has 0 aliphatic carbocycles. The molecule has 1 fully saturated rings. The third kappa shape index (κ3) is 3.60. The van der Waals surface area contributed by atoms with Crippen LogP contribution in [0.4, 0.5) is 5.69 Å². The van der Waals surface area contributed by atoms with Gasteiger partial charge in [0.15, 0.2) is 0 Å². The Morgan fingerprint density at radius 2 is 1.59 bits per heavy atom. The van der Waals surface area contributed by atoms with E-state index in [0.29, 0.717) is 28.3 Å². The Kier molecular flexibility index (Phi) is 5.69. The van der Waals surface area contributed by atoms with E-state index in [4.69, 9.17) is 9.47 Å². The van der Waals surface area contributed by atoms with Crippen molar-refractivity contribution >= 4 is 23.1 Å². The van der Waals surface area contributed by atoms with Gasteiger partial charge in [-0.05, 0) is 48.9 Å². The number of aliphatic hydroxyl groups excluding tert-OH is 1. The molecule has 1 N–H and O–H groups in total. The van der Waals surface area contributed by atoms with Crippen molar-refractivity contribution in [3.05, 3.63) is 95.1 Å². The third-order valence-corrected chi connectivity index (χ3v) is 5.52. The molecule has 162 valence electrons. The van der Waals surface area contributed by atoms with E-state index in [1.807, 2.05) is 19.1 Å². The molecule has 0 radical (unpaired) electrons. The molecule has 1 atom stereocenters. The molecule has 3 aromatic rings. The summed E-state index contributed by atoms with van der Waals surface area (Å²) in [5, 5.41) is 11.3. The highest BCUT2D eigenvalue weighted by Gasteiger charge is 2.47. The molecule has 3 aromatic carbocycles. The SMILES string of the molecule is COc1ccc(C2/C(=C(\O)c3cc(C)ccc3OC)C(=O)C(=O)N2c2ccccc2)cc1. The number of Topliss-reactive ketones (excluding diaryl/α,β-unsaturated/α-hetero) is 1. The standard InChI is InChI=1S/C26H23NO5/c1-16-9-14-21(32-3)20(15-16)24(28)22-23(17-10-12-19(31-2)13-11-17)27(26(30)25(22)29)18-7-5-4-6-8-18/h4-15,23,28H,1-3H3/b24-22+. The fourth-order valence-electron chi connectivity index (χ4n) is 3.94. The molecule has 1 aliphatic rings. The van der Waals surface area contributed by atoms with Gasteiger partial charge in [0.25, 0.3) is 11.7 Å². The van der Waals surface area contributed by atoms with Gasteiger partial charge in [-0.1, -0.05) is 42.0 Å². The highest BCUT2D eigenvalue weighted by Crippen LogP contribution is 2.43. The van der Waals surface area contributed by atoms with Crippen LogP contribution in [-0.2, 0) is 9.59 Å². The Morgan fingerprint density at radius 3 is 2.22 bits per heavy atom. The summed E-state index contributed by atoms with van der Waals surface area (Å²) in [6, 6.07) is 20.5. The van der Waals surface area contributed by atoms with Crippen molar-refractivity contribution in [2.45, 2.75) is 13.0 Å². The smallest absolute Gasteiger partial charge is 0.300 e. The molecule has 6 heteroatoms. The van der Waals surface area contributed by atoms with Gasteiger partial charge in [-0.25, -0.2) is 0 Å². The lowest BCUT2D eigenvalue weighted by molar-refractivity contribution is -0.132. The highest BCUT2D eigenvalue weighted by molar-refractivity contribution is 6.51. The fourth-order valence-corrected chi connectivity index (χ4v) is 3.94. The lowest BCUT2D eigenvalue weighted by Crippen LogP contribution is -2.29. The number of carbonyl (C=O) groups is 2. The maximum absolute atomic E-state index is 13.2. The number of aliphatic hydroxyl groups is 1. The third-order valence-electron chi connectivity index (χ3n) is 5.52. The second-order valence-electron chi connectivity index (χ2n) is 7.48. The van der Waals surface area contributed by atoms with E-state index in [0.717, 1.165) is 5.56 Å². The second-order valence-corrected chi connectivity index (χ2v) is 7.48. The van der Waals surface area contributed by atoms with Gasteiger partial charge in [-0.3, -0.25) is 14.5 Å². The minimum absolute atomic E-state index is 0.00733. The summed E-state index contributed by atoms with van der Waals surface area (Å²) >= 11 is 0. The monoisotopic (exact) mass is 429 g/mol. The zero-order chi connectivity index (χ0) is 22.8. The topological polar surface area (TPSA) is 76.1 Å². The molecule has 1 unspecified atom stereocenters. The molecule has 0 aromatic heterocycles. The van der Waals surface area contributed by atoms with Gasteiger partial charge in [-0.15, -0.1) is 0 Å². The van der Waals surface area contributed by atoms with Crippen molar-refractivity contribution < 1.29 is 24.2 Å². The molecule has 0 bridgehead atoms. The maximum atomic E-state index is 13.2. The average molecular weight is 429 g/mol. The lowest BCUT2D eigenvalue weighted by atomic mass is 9.94. The van der Waals surface area contributed by atoms with E-state index in [9.17, 15) is 14.7 Å². The Hall–Kier alpha value is -4.06. The van der Waals surface area contributed by atoms with Crippen molar-refractivity contribution in [3.63, 3.8) is 0 Å². The van der Waals surface area contributed by atoms with Crippen molar-refractivity contribution in [3.8, 4) is 11.5 Å². The molecular weight excluding hydrogens is 406 g/mol. The van der Waals surface area contributed by atoms with Crippen LogP contribution in [0.3, 0.4) is 0 Å². The van der Waals surface area contributed by atoms with E-state index in [1.54, 1.807) is 67.8 Å². The Morgan fingerprint density at radius 1 is 0.906 bits per heavy atom. The maximum Gasteiger partial charge on any atom is 0.300 e. The second kappa shape index (κ2) is 8.59. The number of rotatable bonds is 5. The van der Waals surface area contributed by atoms with Crippen LogP contribution in [0.5, 0.6) is 11.5 Å². The van der Waals surface area contributed by atoms with Gasteiger partial charge in [0.05, 0.1) is 31.4 Å². The molecular formula is C26H23NO5. The van der Waals surface area contributed by atoms with Gasteiger partial charge < -0.3 is 14.6 Å². The van der Waals surface area contributed by atoms with Crippen LogP contribution in [0.1, 0.15) is 22.7 Å². The van der Waals surface area contributed by atoms with Gasteiger partial charge in [0.1, 0.15) is 17.3 Å². The number of benzene rings is 3. The lowest BCUT2D eigenvalue weighted by Gasteiger charge is -2.25. The van der Waals surface area contributed by atoms with Crippen LogP contribution in [0.15, 0.2) is 78.4 Å². The number of hydrogen-bond donors (Lipinski definition) is 1. The van der Waals surface area contributed by atoms with Crippen molar-refractivity contribution in [1.29, 1.82) is 0 Å². The molecule has 1 saturated heterocycles. The number of anilines is 1. The number of ketones is 1. The first-order valence-corrected chi connectivity index (χ1v) is 10.1. The highest BCUT2D eigenvalue weighted by atomic mass is 16.5. The van der Waals surface area contributed by atoms with Gasteiger partial charge in [0, 0.05) is 5.69 Å². The first-order valence-electron chi connectivity index (χ1n) is 10.1. The van der Waals surface area contributed by atoms with Crippen molar-refractivity contribution in [2.75, 3.05) is 19.1 Å². The number of methoxy groups -OCH3 is 2. The quantitative estimate of drug-likeness (QED) is 0.363. The first kappa shape index (κ1) is 21.2. The van der Waals surface area contributed by atoms with E-state index >= 15 is 0 Å². The van der Waals surface area contributed by atoms with E-state index in [1.165, 1.54) is 12.0 Å². The number of aryl methyl sites for hydroxylation is 1. The Labute approximate surface area is 186 Å². The van der Waals surface area contributed by atoms with E-state index in [-0.39, 0.29) is 11.3 Å². The molecule has 0 saturated carbocycles. The van der Waals surface area contributed by atoms with E-state index < -0.39 is 17.7 Å². The number of hydrogen-bond acceptors (Lipinski definition) is 5. The van der Waals surface area contributed by atoms with Crippen LogP contribution in [-0.4, -0.2) is 31.0 Å². The molecule has 0 spiro atoms. The molecule has 1 amide bonds. The number of amides is 1. The normalized spacial score (nSPS) is 17.5. The minimum atomic E-state index is -0.812. The van der Waals surface area contributed by atoms with Crippen LogP contribution in [0.2, 0.25) is 0 Å². The van der Waals surface area contributed by atoms with Crippen molar-refractivity contribution in [1.82, 2.24) is 0 Å². The summed E-state index contributed by atoms with van der Waals surface area (Å²) in [7, 11) is 3.06. The van der Waals surface area contributed by atoms with Crippen LogP contribution < -0.4 is 14.4 Å². The van der Waals surface area contributed by atoms with Crippen LogP contribution >= 0.6 is 0 Å². The summed E-state index contributed by atoms with van der Waals surface area (Å²) in [4.78, 5) is 27.8. The van der Waals surface area contributed by atoms with Gasteiger partial charge in [0.2, 0.25) is 0 Å². The van der Waals surface area contributed by atoms with Gasteiger partial charge in [-0.2, -0.15) is 0 Å². The molecule has 1 heterocycles. The van der Waals surface area contributed by atoms with Gasteiger partial charge >= 0.3 is 0 Å². The Balaban J connectivity index is 1.97. The summed E-state index contributed by atoms with van der Waals surface area (Å²) in [6.07, 6.45) is 0. The summed E-state index contributed by atoms with van der Waals surface area (Å²) in [6.45, 7) is 1.87. The summed E-state index contributed by atoms with van der Waals surface area (Å²) in [5.41, 5.74) is 2.48. The first-order chi connectivity index (χ1) is 15.5. The molecule has 4 rings (SSSR count). The molecule has 1 aliphatic heterocycles. The minimum Gasteiger partial charge on any atom is -0.507 e. The summed E-state index contributed by atoms with van der Waals surface area (Å²) in [5.74, 6) is -0.678. The average Bonchev–Trinajstić information content (AvgIpc) is 3.09. The van der Waals surface area contributed by atoms with E-state index in [2.05, 4.69) is 0 Å². The largest absolute Gasteiger partial charge is 0.507 e. The van der Waals surface area contributed by atoms with Crippen LogP contribution in [0, 0.1) is 6.92 Å². The predicted octanol–water partition coefficient (Wildman–Crippen LogP) is 4.64.